The molecule has 0 amide bonds. The maximum atomic E-state index is 5.68. The van der Waals surface area contributed by atoms with Crippen LogP contribution in [0.25, 0.3) is 0 Å². The zero-order chi connectivity index (χ0) is 6.85. The van der Waals surface area contributed by atoms with Crippen LogP contribution in [0.1, 0.15) is 12.8 Å². The van der Waals surface area contributed by atoms with Crippen LogP contribution in [0.3, 0.4) is 0 Å². The van der Waals surface area contributed by atoms with Crippen LogP contribution in [0, 0.1) is 0 Å². The first kappa shape index (κ1) is 7.46. The lowest BCUT2D eigenvalue weighted by Crippen LogP contribution is -1.86. The topological polar surface area (TPSA) is 0 Å². The van der Waals surface area contributed by atoms with Crippen LogP contribution in [0.15, 0.2) is 21.2 Å². The van der Waals surface area contributed by atoms with E-state index in [0.29, 0.717) is 15.1 Å². The number of halogens is 3. The molecule has 0 atom stereocenters. The fourth-order valence-electron chi connectivity index (χ4n) is 0.655. The van der Waals surface area contributed by atoms with Gasteiger partial charge in [-0.05, 0) is 12.8 Å². The molecule has 1 aliphatic carbocycles. The molecule has 0 aromatic heterocycles. The van der Waals surface area contributed by atoms with E-state index in [2.05, 4.69) is 0 Å². The third kappa shape index (κ3) is 1.64. The maximum Gasteiger partial charge on any atom is 0.0734 e. The van der Waals surface area contributed by atoms with Gasteiger partial charge in [0.1, 0.15) is 0 Å². The molecule has 1 rings (SSSR count). The Labute approximate surface area is 69.1 Å². The fourth-order valence-corrected chi connectivity index (χ4v) is 1.31. The molecule has 1 aliphatic rings. The Bertz CT molecular complexity index is 179. The summed E-state index contributed by atoms with van der Waals surface area (Å²) in [4.78, 5) is 0. The number of rotatable bonds is 0. The molecule has 0 fully saturated rings. The molecule has 9 heavy (non-hydrogen) atoms. The molecule has 0 nitrogen and oxygen atoms in total. The minimum Gasteiger partial charge on any atom is -0.0875 e. The van der Waals surface area contributed by atoms with Gasteiger partial charge in [-0.2, -0.15) is 0 Å². The summed E-state index contributed by atoms with van der Waals surface area (Å²) in [6.45, 7) is 0. The maximum absolute atomic E-state index is 5.68. The molecule has 0 heterocycles. The van der Waals surface area contributed by atoms with Gasteiger partial charge < -0.3 is 0 Å². The summed E-state index contributed by atoms with van der Waals surface area (Å²) in [5, 5.41) is 1.75. The third-order valence-corrected chi connectivity index (χ3v) is 2.48. The largest absolute Gasteiger partial charge is 0.0875 e. The van der Waals surface area contributed by atoms with Gasteiger partial charge >= 0.3 is 0 Å². The lowest BCUT2D eigenvalue weighted by Gasteiger charge is -2.06. The highest BCUT2D eigenvalue weighted by atomic mass is 35.5. The Kier molecular flexibility index (Phi) is 2.45. The minimum atomic E-state index is 0.504. The van der Waals surface area contributed by atoms with Crippen LogP contribution in [-0.4, -0.2) is 0 Å². The molecule has 0 radical (unpaired) electrons. The molecule has 0 aliphatic heterocycles. The van der Waals surface area contributed by atoms with Gasteiger partial charge in [0, 0.05) is 5.03 Å². The van der Waals surface area contributed by atoms with Gasteiger partial charge in [0.15, 0.2) is 0 Å². The van der Waals surface area contributed by atoms with E-state index in [1.165, 1.54) is 0 Å². The van der Waals surface area contributed by atoms with E-state index in [-0.39, 0.29) is 0 Å². The smallest absolute Gasteiger partial charge is 0.0734 e. The predicted octanol–water partition coefficient (Wildman–Crippen LogP) is 3.59. The van der Waals surface area contributed by atoms with Crippen molar-refractivity contribution in [1.82, 2.24) is 0 Å². The summed E-state index contributed by atoms with van der Waals surface area (Å²) >= 11 is 17.0. The van der Waals surface area contributed by atoms with Gasteiger partial charge in [0.2, 0.25) is 0 Å². The van der Waals surface area contributed by atoms with E-state index >= 15 is 0 Å². The van der Waals surface area contributed by atoms with Crippen LogP contribution in [0.4, 0.5) is 0 Å². The summed E-state index contributed by atoms with van der Waals surface area (Å²) in [7, 11) is 0. The molecule has 3 heteroatoms. The molecular formula is C6H5Cl3. The second kappa shape index (κ2) is 2.96. The highest BCUT2D eigenvalue weighted by Crippen LogP contribution is 2.32. The number of hydrogen-bond acceptors (Lipinski definition) is 0. The van der Waals surface area contributed by atoms with E-state index in [4.69, 9.17) is 34.8 Å². The van der Waals surface area contributed by atoms with Gasteiger partial charge in [-0.1, -0.05) is 40.9 Å². The first-order valence-electron chi connectivity index (χ1n) is 2.62. The molecule has 0 aromatic rings. The summed E-state index contributed by atoms with van der Waals surface area (Å²) in [6.07, 6.45) is 3.58. The van der Waals surface area contributed by atoms with Crippen molar-refractivity contribution in [2.45, 2.75) is 12.8 Å². The molecule has 0 saturated heterocycles. The Morgan fingerprint density at radius 3 is 2.33 bits per heavy atom. The van der Waals surface area contributed by atoms with Gasteiger partial charge in [-0.25, -0.2) is 0 Å². The van der Waals surface area contributed by atoms with Crippen molar-refractivity contribution in [3.63, 3.8) is 0 Å². The van der Waals surface area contributed by atoms with Crippen molar-refractivity contribution >= 4 is 34.8 Å². The Balaban J connectivity index is 2.88. The van der Waals surface area contributed by atoms with Crippen molar-refractivity contribution in [3.05, 3.63) is 21.2 Å². The first-order valence-corrected chi connectivity index (χ1v) is 3.75. The van der Waals surface area contributed by atoms with Crippen molar-refractivity contribution in [3.8, 4) is 0 Å². The highest BCUT2D eigenvalue weighted by molar-refractivity contribution is 6.48. The lowest BCUT2D eigenvalue weighted by atomic mass is 10.2. The monoisotopic (exact) mass is 182 g/mol. The first-order chi connectivity index (χ1) is 4.22. The fraction of sp³-hybridized carbons (Fsp3) is 0.333. The zero-order valence-electron chi connectivity index (χ0n) is 4.63. The van der Waals surface area contributed by atoms with Crippen LogP contribution in [0.5, 0.6) is 0 Å². The molecule has 50 valence electrons. The third-order valence-electron chi connectivity index (χ3n) is 1.14. The van der Waals surface area contributed by atoms with Crippen LogP contribution in [-0.2, 0) is 0 Å². The number of hydrogen-bond donors (Lipinski definition) is 0. The van der Waals surface area contributed by atoms with Crippen molar-refractivity contribution < 1.29 is 0 Å². The second-order valence-electron chi connectivity index (χ2n) is 1.81. The van der Waals surface area contributed by atoms with Gasteiger partial charge in [-0.15, -0.1) is 0 Å². The molecule has 0 spiro atoms. The molecular weight excluding hydrogens is 178 g/mol. The molecule has 0 N–H and O–H groups in total. The minimum absolute atomic E-state index is 0.504. The highest BCUT2D eigenvalue weighted by Gasteiger charge is 2.09. The SMILES string of the molecule is ClC1=CCCC(Cl)=C1Cl. The number of allylic oxidation sites excluding steroid dienone is 4. The van der Waals surface area contributed by atoms with Crippen molar-refractivity contribution in [2.24, 2.45) is 0 Å². The standard InChI is InChI=1S/C6H5Cl3/c7-4-2-1-3-5(8)6(4)9/h2H,1,3H2. The average Bonchev–Trinajstić information content (AvgIpc) is 1.83. The van der Waals surface area contributed by atoms with Crippen LogP contribution < -0.4 is 0 Å². The lowest BCUT2D eigenvalue weighted by molar-refractivity contribution is 1.01. The summed E-state index contributed by atoms with van der Waals surface area (Å²) < 4.78 is 0. The molecule has 0 unspecified atom stereocenters. The summed E-state index contributed by atoms with van der Waals surface area (Å²) in [5.41, 5.74) is 0. The van der Waals surface area contributed by atoms with E-state index in [9.17, 15) is 0 Å². The van der Waals surface area contributed by atoms with Crippen LogP contribution in [0.2, 0.25) is 0 Å². The molecule has 0 aromatic carbocycles. The zero-order valence-corrected chi connectivity index (χ0v) is 6.89. The van der Waals surface area contributed by atoms with E-state index < -0.39 is 0 Å². The predicted molar refractivity (Wildman–Crippen MR) is 41.9 cm³/mol. The molecule has 0 saturated carbocycles. The molecule has 0 bridgehead atoms. The second-order valence-corrected chi connectivity index (χ2v) is 3.05. The van der Waals surface area contributed by atoms with Gasteiger partial charge in [-0.3, -0.25) is 0 Å². The van der Waals surface area contributed by atoms with E-state index in [1.807, 2.05) is 6.08 Å². The van der Waals surface area contributed by atoms with Gasteiger partial charge in [0.05, 0.1) is 10.1 Å². The van der Waals surface area contributed by atoms with Gasteiger partial charge in [0.25, 0.3) is 0 Å². The normalized spacial score (nSPS) is 20.1. The Hall–Kier alpha value is 0.350. The Morgan fingerprint density at radius 2 is 1.89 bits per heavy atom. The van der Waals surface area contributed by atoms with E-state index in [1.54, 1.807) is 0 Å². The quantitative estimate of drug-likeness (QED) is 0.538. The van der Waals surface area contributed by atoms with Crippen LogP contribution >= 0.6 is 34.8 Å². The summed E-state index contributed by atoms with van der Waals surface area (Å²) in [5.74, 6) is 0. The van der Waals surface area contributed by atoms with E-state index in [0.717, 1.165) is 12.8 Å². The van der Waals surface area contributed by atoms with Crippen molar-refractivity contribution in [2.75, 3.05) is 0 Å². The van der Waals surface area contributed by atoms with Crippen molar-refractivity contribution in [1.29, 1.82) is 0 Å². The Morgan fingerprint density at radius 1 is 1.22 bits per heavy atom. The summed E-state index contributed by atoms with van der Waals surface area (Å²) in [6, 6.07) is 0. The average molecular weight is 183 g/mol.